The smallest absolute Gasteiger partial charge is 0.252 e. The lowest BCUT2D eigenvalue weighted by Crippen LogP contribution is -2.61. The number of anilines is 6. The highest BCUT2D eigenvalue weighted by molar-refractivity contribution is 7.00. The zero-order valence-electron chi connectivity index (χ0n) is 52.8. The van der Waals surface area contributed by atoms with Gasteiger partial charge in [-0.3, -0.25) is 0 Å². The van der Waals surface area contributed by atoms with E-state index in [1.54, 1.807) is 0 Å². The molecule has 0 radical (unpaired) electrons. The molecule has 13 rings (SSSR count). The van der Waals surface area contributed by atoms with Crippen molar-refractivity contribution in [1.29, 1.82) is 0 Å². The molecule has 0 fully saturated rings. The first-order valence-electron chi connectivity index (χ1n) is 30.3. The van der Waals surface area contributed by atoms with E-state index in [1.165, 1.54) is 128 Å². The van der Waals surface area contributed by atoms with Crippen LogP contribution in [0.4, 0.5) is 34.1 Å². The fraction of sp³-hybridized carbons (Fsp3) is 0.308. The summed E-state index contributed by atoms with van der Waals surface area (Å²) in [6.45, 7) is 44.4. The Bertz CT molecular complexity index is 4460. The van der Waals surface area contributed by atoms with Crippen molar-refractivity contribution >= 4 is 101 Å². The van der Waals surface area contributed by atoms with E-state index in [4.69, 9.17) is 4.42 Å². The summed E-state index contributed by atoms with van der Waals surface area (Å²) in [6, 6.07) is 59.2. The number of hydrogen-bond donors (Lipinski definition) is 0. The third-order valence-electron chi connectivity index (χ3n) is 18.6. The van der Waals surface area contributed by atoms with Gasteiger partial charge in [0, 0.05) is 55.5 Å². The number of hydrogen-bond acceptors (Lipinski definition) is 3. The SMILES string of the molecule is Cc1cc(-c2cccc3c2oc2ccccc23)cc(C)c1N1c2cc(C(C)(C)C)ccc2B2c3cc4c5ccc(C(C)(C)C)cc5n(-c5ccc(C(C)(C)C)cc5)c4cc3N(c3c(C)cc(C(C)(C)C)cc3C)c3cc(C(C)(C)C)cc1c32. The van der Waals surface area contributed by atoms with Crippen LogP contribution in [-0.4, -0.2) is 11.3 Å². The van der Waals surface area contributed by atoms with Crippen LogP contribution < -0.4 is 26.2 Å². The normalized spacial score (nSPS) is 13.9. The van der Waals surface area contributed by atoms with Crippen LogP contribution in [0.2, 0.25) is 0 Å². The van der Waals surface area contributed by atoms with Gasteiger partial charge in [0.05, 0.1) is 22.4 Å². The highest BCUT2D eigenvalue weighted by atomic mass is 16.3. The molecule has 0 unspecified atom stereocenters. The summed E-state index contributed by atoms with van der Waals surface area (Å²) in [7, 11) is 0. The molecule has 4 heterocycles. The third-order valence-corrected chi connectivity index (χ3v) is 18.6. The summed E-state index contributed by atoms with van der Waals surface area (Å²) in [5.74, 6) is 0. The number of furan rings is 1. The number of benzene rings is 9. The molecule has 0 bridgehead atoms. The van der Waals surface area contributed by atoms with E-state index >= 15 is 0 Å². The first-order valence-corrected chi connectivity index (χ1v) is 30.3. The van der Waals surface area contributed by atoms with Gasteiger partial charge in [0.1, 0.15) is 11.2 Å². The first kappa shape index (κ1) is 54.5. The molecule has 83 heavy (non-hydrogen) atoms. The molecule has 2 aliphatic heterocycles. The molecule has 0 amide bonds. The highest BCUT2D eigenvalue weighted by Crippen LogP contribution is 2.52. The molecule has 11 aromatic rings. The molecule has 0 spiro atoms. The molecule has 2 aromatic heterocycles. The lowest BCUT2D eigenvalue weighted by molar-refractivity contribution is 0.589. The van der Waals surface area contributed by atoms with Crippen molar-refractivity contribution < 1.29 is 4.42 Å². The molecular weight excluding hydrogens is 1010 g/mol. The van der Waals surface area contributed by atoms with Gasteiger partial charge in [-0.25, -0.2) is 0 Å². The van der Waals surface area contributed by atoms with Gasteiger partial charge in [-0.15, -0.1) is 0 Å². The predicted molar refractivity (Wildman–Crippen MR) is 360 cm³/mol. The summed E-state index contributed by atoms with van der Waals surface area (Å²) >= 11 is 0. The Morgan fingerprint density at radius 2 is 0.843 bits per heavy atom. The fourth-order valence-corrected chi connectivity index (χ4v) is 13.9. The Labute approximate surface area is 494 Å². The quantitative estimate of drug-likeness (QED) is 0.164. The molecule has 9 aromatic carbocycles. The largest absolute Gasteiger partial charge is 0.455 e. The zero-order valence-corrected chi connectivity index (χ0v) is 52.8. The van der Waals surface area contributed by atoms with Crippen molar-refractivity contribution in [3.05, 3.63) is 202 Å². The van der Waals surface area contributed by atoms with Crippen molar-refractivity contribution in [2.45, 2.75) is 159 Å². The van der Waals surface area contributed by atoms with Gasteiger partial charge in [0.25, 0.3) is 6.71 Å². The molecule has 0 aliphatic carbocycles. The second-order valence-electron chi connectivity index (χ2n) is 29.8. The molecule has 0 N–H and O–H groups in total. The molecule has 0 saturated carbocycles. The maximum atomic E-state index is 6.70. The van der Waals surface area contributed by atoms with Gasteiger partial charge >= 0.3 is 0 Å². The van der Waals surface area contributed by atoms with Crippen molar-refractivity contribution in [3.8, 4) is 16.8 Å². The summed E-state index contributed by atoms with van der Waals surface area (Å²) in [4.78, 5) is 5.38. The van der Waals surface area contributed by atoms with Crippen molar-refractivity contribution in [2.24, 2.45) is 0 Å². The topological polar surface area (TPSA) is 24.6 Å². The third kappa shape index (κ3) is 8.68. The van der Waals surface area contributed by atoms with E-state index in [9.17, 15) is 0 Å². The Balaban J connectivity index is 1.15. The summed E-state index contributed by atoms with van der Waals surface area (Å²) in [5.41, 5.74) is 30.4. The number of rotatable bonds is 4. The van der Waals surface area contributed by atoms with Crippen LogP contribution in [0, 0.1) is 27.7 Å². The van der Waals surface area contributed by atoms with Gasteiger partial charge in [0.2, 0.25) is 0 Å². The van der Waals surface area contributed by atoms with Gasteiger partial charge in [-0.05, 0) is 187 Å². The van der Waals surface area contributed by atoms with Gasteiger partial charge in [-0.1, -0.05) is 195 Å². The number of aryl methyl sites for hydroxylation is 4. The van der Waals surface area contributed by atoms with Crippen LogP contribution in [0.1, 0.15) is 154 Å². The van der Waals surface area contributed by atoms with Gasteiger partial charge < -0.3 is 18.8 Å². The molecule has 0 atom stereocenters. The van der Waals surface area contributed by atoms with Crippen molar-refractivity contribution in [2.75, 3.05) is 9.80 Å². The maximum Gasteiger partial charge on any atom is 0.252 e. The number of nitrogens with zero attached hydrogens (tertiary/aromatic N) is 3. The van der Waals surface area contributed by atoms with Crippen LogP contribution in [-0.2, 0) is 27.1 Å². The van der Waals surface area contributed by atoms with Gasteiger partial charge in [-0.2, -0.15) is 0 Å². The second kappa shape index (κ2) is 18.4. The summed E-state index contributed by atoms with van der Waals surface area (Å²) < 4.78 is 9.26. The van der Waals surface area contributed by atoms with E-state index in [0.29, 0.717) is 0 Å². The monoisotopic (exact) mass is 1090 g/mol. The molecule has 5 heteroatoms. The highest BCUT2D eigenvalue weighted by Gasteiger charge is 2.46. The summed E-state index contributed by atoms with van der Waals surface area (Å²) in [6.07, 6.45) is 0. The zero-order chi connectivity index (χ0) is 58.9. The van der Waals surface area contributed by atoms with Crippen LogP contribution in [0.5, 0.6) is 0 Å². The molecule has 4 nitrogen and oxygen atoms in total. The van der Waals surface area contributed by atoms with E-state index in [-0.39, 0.29) is 33.8 Å². The maximum absolute atomic E-state index is 6.70. The molecule has 2 aliphatic rings. The minimum absolute atomic E-state index is 0.0220. The molecular formula is C78H82BN3O. The number of para-hydroxylation sites is 2. The van der Waals surface area contributed by atoms with Crippen molar-refractivity contribution in [1.82, 2.24) is 4.57 Å². The lowest BCUT2D eigenvalue weighted by atomic mass is 9.33. The van der Waals surface area contributed by atoms with E-state index in [0.717, 1.165) is 33.1 Å². The molecule has 418 valence electrons. The average molecular weight is 1090 g/mol. The average Bonchev–Trinajstić information content (AvgIpc) is 3.56. The Morgan fingerprint density at radius 1 is 0.361 bits per heavy atom. The summed E-state index contributed by atoms with van der Waals surface area (Å²) in [5, 5.41) is 4.82. The second-order valence-corrected chi connectivity index (χ2v) is 29.8. The Hall–Kier alpha value is -7.76. The Morgan fingerprint density at radius 3 is 1.43 bits per heavy atom. The van der Waals surface area contributed by atoms with Crippen molar-refractivity contribution in [3.63, 3.8) is 0 Å². The van der Waals surface area contributed by atoms with E-state index in [2.05, 4.69) is 298 Å². The first-order chi connectivity index (χ1) is 39.0. The number of fused-ring (bicyclic) bond motifs is 10. The van der Waals surface area contributed by atoms with Crippen LogP contribution in [0.3, 0.4) is 0 Å². The molecule has 0 saturated heterocycles. The van der Waals surface area contributed by atoms with E-state index < -0.39 is 0 Å². The van der Waals surface area contributed by atoms with Crippen LogP contribution in [0.15, 0.2) is 156 Å². The van der Waals surface area contributed by atoms with E-state index in [1.807, 2.05) is 0 Å². The predicted octanol–water partition coefficient (Wildman–Crippen LogP) is 20.2. The minimum Gasteiger partial charge on any atom is -0.455 e. The van der Waals surface area contributed by atoms with Gasteiger partial charge in [0.15, 0.2) is 0 Å². The number of aromatic nitrogens is 1. The fourth-order valence-electron chi connectivity index (χ4n) is 13.9. The Kier molecular flexibility index (Phi) is 12.1. The minimum atomic E-state index is -0.189. The van der Waals surface area contributed by atoms with Crippen LogP contribution >= 0.6 is 0 Å². The standard InChI is InChI=1S/C78H82BN3O/c1-45-35-49(56-24-22-25-59-58-23-20-21-26-69(58)83-73(56)59)36-46(2)71(45)81-65-40-52(76(11,12)13)30-34-61(65)79-62-43-60-57-33-29-51(75(8,9)10)39-63(57)80(55-31-27-50(28-32-55)74(5,6)7)64(60)44-66(62)82(68-42-54(78(17,18)19)41-67(81)70(68)79)72-47(3)37-53(38-48(72)4)77(14,15)16/h20-44H,1-19H3. The van der Waals surface area contributed by atoms with Crippen LogP contribution in [0.25, 0.3) is 60.6 Å². The lowest BCUT2D eigenvalue weighted by Gasteiger charge is -2.46.